The van der Waals surface area contributed by atoms with Gasteiger partial charge >= 0.3 is 0 Å². The Hall–Kier alpha value is -3.14. The first-order valence-corrected chi connectivity index (χ1v) is 10.9. The molecule has 0 radical (unpaired) electrons. The molecule has 5 aromatic rings. The van der Waals surface area contributed by atoms with Gasteiger partial charge in [0.15, 0.2) is 5.82 Å². The number of H-pyrrole nitrogens is 1. The molecule has 0 atom stereocenters. The summed E-state index contributed by atoms with van der Waals surface area (Å²) in [5.74, 6) is 0.426. The van der Waals surface area contributed by atoms with Gasteiger partial charge in [0.25, 0.3) is 5.91 Å². The Labute approximate surface area is 184 Å². The largest absolute Gasteiger partial charge is 0.321 e. The Morgan fingerprint density at radius 1 is 1.20 bits per heavy atom. The van der Waals surface area contributed by atoms with E-state index in [-0.39, 0.29) is 5.91 Å². The summed E-state index contributed by atoms with van der Waals surface area (Å²) >= 11 is 9.15. The normalized spacial score (nSPS) is 11.1. The second-order valence-corrected chi connectivity index (χ2v) is 8.56. The van der Waals surface area contributed by atoms with Crippen LogP contribution in [0.25, 0.3) is 22.3 Å². The lowest BCUT2D eigenvalue weighted by molar-refractivity contribution is 0.103. The van der Waals surface area contributed by atoms with Crippen LogP contribution in [0.2, 0.25) is 5.02 Å². The Morgan fingerprint density at radius 2 is 2.13 bits per heavy atom. The maximum Gasteiger partial charge on any atom is 0.267 e. The van der Waals surface area contributed by atoms with Gasteiger partial charge in [0.2, 0.25) is 0 Å². The second kappa shape index (κ2) is 7.94. The average Bonchev–Trinajstić information content (AvgIpc) is 3.52. The molecule has 0 aliphatic carbocycles. The fourth-order valence-corrected chi connectivity index (χ4v) is 4.51. The number of nitrogens with zero attached hydrogens (tertiary/aromatic N) is 4. The van der Waals surface area contributed by atoms with E-state index in [9.17, 15) is 4.79 Å². The van der Waals surface area contributed by atoms with Gasteiger partial charge in [-0.1, -0.05) is 29.8 Å². The number of aromatic nitrogens is 5. The van der Waals surface area contributed by atoms with Crippen molar-refractivity contribution in [2.75, 3.05) is 5.32 Å². The molecule has 0 bridgehead atoms. The van der Waals surface area contributed by atoms with Crippen LogP contribution in [0.3, 0.4) is 0 Å². The second-order valence-electron chi connectivity index (χ2n) is 6.46. The quantitative estimate of drug-likeness (QED) is 0.389. The standard InChI is InChI=1S/C20H13ClN6OS2/c21-18-11(4-5-15-14(18)8-23-26-15)7-17-25-19(27-30-17)12-2-1-3-13(6-12)24-20(28)16-9-22-10-29-16/h1-6,8-10H,7H2,(H,23,26)(H,24,28). The number of aromatic amines is 1. The van der Waals surface area contributed by atoms with Crippen molar-refractivity contribution in [3.8, 4) is 11.4 Å². The molecule has 0 aliphatic heterocycles. The van der Waals surface area contributed by atoms with E-state index in [1.165, 1.54) is 22.9 Å². The van der Waals surface area contributed by atoms with Crippen molar-refractivity contribution in [1.29, 1.82) is 0 Å². The number of amides is 1. The topological polar surface area (TPSA) is 96.5 Å². The third-order valence-corrected chi connectivity index (χ3v) is 6.41. The van der Waals surface area contributed by atoms with E-state index < -0.39 is 0 Å². The first kappa shape index (κ1) is 18.9. The van der Waals surface area contributed by atoms with Crippen molar-refractivity contribution in [2.24, 2.45) is 0 Å². The zero-order valence-electron chi connectivity index (χ0n) is 15.3. The third kappa shape index (κ3) is 3.70. The predicted octanol–water partition coefficient (Wildman–Crippen LogP) is 5.03. The molecule has 148 valence electrons. The highest BCUT2D eigenvalue weighted by molar-refractivity contribution is 7.11. The number of hydrogen-bond donors (Lipinski definition) is 2. The van der Waals surface area contributed by atoms with Gasteiger partial charge in [0.05, 0.1) is 28.4 Å². The molecule has 1 amide bonds. The molecular weight excluding hydrogens is 440 g/mol. The maximum absolute atomic E-state index is 12.2. The fourth-order valence-electron chi connectivity index (χ4n) is 3.03. The summed E-state index contributed by atoms with van der Waals surface area (Å²) in [6.07, 6.45) is 3.85. The van der Waals surface area contributed by atoms with Crippen molar-refractivity contribution < 1.29 is 4.79 Å². The first-order valence-electron chi connectivity index (χ1n) is 8.91. The lowest BCUT2D eigenvalue weighted by Gasteiger charge is -2.05. The number of halogens is 1. The van der Waals surface area contributed by atoms with Gasteiger partial charge in [-0.3, -0.25) is 14.9 Å². The third-order valence-electron chi connectivity index (χ3n) is 4.48. The molecule has 0 spiro atoms. The predicted molar refractivity (Wildman–Crippen MR) is 119 cm³/mol. The average molecular weight is 453 g/mol. The Kier molecular flexibility index (Phi) is 4.99. The van der Waals surface area contributed by atoms with Crippen molar-refractivity contribution in [2.45, 2.75) is 6.42 Å². The monoisotopic (exact) mass is 452 g/mol. The summed E-state index contributed by atoms with van der Waals surface area (Å²) in [6.45, 7) is 0. The van der Waals surface area contributed by atoms with Gasteiger partial charge in [-0.25, -0.2) is 4.98 Å². The summed E-state index contributed by atoms with van der Waals surface area (Å²) in [5, 5.41) is 12.2. The molecule has 0 unspecified atom stereocenters. The van der Waals surface area contributed by atoms with E-state index in [0.29, 0.717) is 27.8 Å². The number of anilines is 1. The van der Waals surface area contributed by atoms with Crippen LogP contribution in [-0.2, 0) is 6.42 Å². The Balaban J connectivity index is 1.36. The summed E-state index contributed by atoms with van der Waals surface area (Å²) in [5.41, 5.74) is 5.01. The highest BCUT2D eigenvalue weighted by atomic mass is 35.5. The number of nitrogens with one attached hydrogen (secondary N) is 2. The van der Waals surface area contributed by atoms with Crippen molar-refractivity contribution >= 4 is 57.0 Å². The highest BCUT2D eigenvalue weighted by Crippen LogP contribution is 2.29. The number of hydrogen-bond acceptors (Lipinski definition) is 7. The van der Waals surface area contributed by atoms with Crippen molar-refractivity contribution in [1.82, 2.24) is 24.5 Å². The van der Waals surface area contributed by atoms with Crippen LogP contribution in [0.4, 0.5) is 5.69 Å². The number of rotatable bonds is 5. The van der Waals surface area contributed by atoms with Gasteiger partial charge < -0.3 is 5.32 Å². The highest BCUT2D eigenvalue weighted by Gasteiger charge is 2.13. The van der Waals surface area contributed by atoms with Crippen LogP contribution in [0.1, 0.15) is 20.2 Å². The minimum Gasteiger partial charge on any atom is -0.321 e. The molecular formula is C20H13ClN6OS2. The molecule has 3 heterocycles. The smallest absolute Gasteiger partial charge is 0.267 e. The minimum atomic E-state index is -0.189. The molecule has 5 rings (SSSR count). The fraction of sp³-hybridized carbons (Fsp3) is 0.0500. The summed E-state index contributed by atoms with van der Waals surface area (Å²) in [7, 11) is 0. The van der Waals surface area contributed by atoms with Crippen molar-refractivity contribution in [3.63, 3.8) is 0 Å². The SMILES string of the molecule is O=C(Nc1cccc(-c2nsc(Cc3ccc4[nH]ncc4c3Cl)n2)c1)c1cncs1. The molecule has 0 saturated heterocycles. The summed E-state index contributed by atoms with van der Waals surface area (Å²) in [4.78, 5) is 21.4. The molecule has 2 aromatic carbocycles. The minimum absolute atomic E-state index is 0.189. The van der Waals surface area contributed by atoms with Crippen LogP contribution in [0.5, 0.6) is 0 Å². The van der Waals surface area contributed by atoms with Gasteiger partial charge in [-0.2, -0.15) is 9.47 Å². The molecule has 10 heteroatoms. The Bertz CT molecular complexity index is 1340. The molecule has 2 N–H and O–H groups in total. The van der Waals surface area contributed by atoms with Crippen LogP contribution >= 0.6 is 34.5 Å². The van der Waals surface area contributed by atoms with Crippen LogP contribution in [0, 0.1) is 0 Å². The molecule has 0 aliphatic rings. The summed E-state index contributed by atoms with van der Waals surface area (Å²) in [6, 6.07) is 11.4. The van der Waals surface area contributed by atoms with Gasteiger partial charge in [0, 0.05) is 23.1 Å². The molecule has 7 nitrogen and oxygen atoms in total. The van der Waals surface area contributed by atoms with E-state index in [1.807, 2.05) is 36.4 Å². The van der Waals surface area contributed by atoms with E-state index in [4.69, 9.17) is 11.6 Å². The van der Waals surface area contributed by atoms with Crippen LogP contribution in [0.15, 0.2) is 54.3 Å². The zero-order valence-corrected chi connectivity index (χ0v) is 17.7. The molecule has 0 saturated carbocycles. The molecule has 3 aromatic heterocycles. The summed E-state index contributed by atoms with van der Waals surface area (Å²) < 4.78 is 4.48. The lowest BCUT2D eigenvalue weighted by atomic mass is 10.1. The van der Waals surface area contributed by atoms with Crippen LogP contribution in [-0.4, -0.2) is 30.4 Å². The van der Waals surface area contributed by atoms with Gasteiger partial charge in [-0.05, 0) is 35.3 Å². The van der Waals surface area contributed by atoms with E-state index in [2.05, 4.69) is 29.9 Å². The molecule has 0 fully saturated rings. The van der Waals surface area contributed by atoms with E-state index in [0.717, 1.165) is 27.0 Å². The van der Waals surface area contributed by atoms with Crippen LogP contribution < -0.4 is 5.32 Å². The molecule has 30 heavy (non-hydrogen) atoms. The number of carbonyl (C=O) groups is 1. The zero-order chi connectivity index (χ0) is 20.5. The number of carbonyl (C=O) groups excluding carboxylic acids is 1. The lowest BCUT2D eigenvalue weighted by Crippen LogP contribution is -2.10. The number of benzene rings is 2. The van der Waals surface area contributed by atoms with Gasteiger partial charge in [0.1, 0.15) is 9.88 Å². The number of thiazole rings is 1. The van der Waals surface area contributed by atoms with E-state index in [1.54, 1.807) is 17.9 Å². The first-order chi connectivity index (χ1) is 14.7. The maximum atomic E-state index is 12.2. The Morgan fingerprint density at radius 3 is 3.00 bits per heavy atom. The number of fused-ring (bicyclic) bond motifs is 1. The van der Waals surface area contributed by atoms with Gasteiger partial charge in [-0.15, -0.1) is 11.3 Å². The van der Waals surface area contributed by atoms with E-state index >= 15 is 0 Å². The van der Waals surface area contributed by atoms with Crippen molar-refractivity contribution in [3.05, 3.63) is 74.8 Å².